The highest BCUT2D eigenvalue weighted by Crippen LogP contribution is 2.30. The van der Waals surface area contributed by atoms with Gasteiger partial charge in [0.25, 0.3) is 11.9 Å². The molecule has 4 rings (SSSR count). The number of benzene rings is 1. The summed E-state index contributed by atoms with van der Waals surface area (Å²) in [4.78, 5) is 42.3. The molecule has 2 amide bonds. The number of carbonyl (C=O) groups is 2. The van der Waals surface area contributed by atoms with Crippen molar-refractivity contribution in [1.82, 2.24) is 20.1 Å². The first-order valence-corrected chi connectivity index (χ1v) is 12.6. The van der Waals surface area contributed by atoms with Crippen LogP contribution >= 0.6 is 11.3 Å². The molecule has 0 bridgehead atoms. The van der Waals surface area contributed by atoms with Crippen LogP contribution in [0.5, 0.6) is 5.75 Å². The molecular weight excluding hydrogens is 498 g/mol. The van der Waals surface area contributed by atoms with Gasteiger partial charge < -0.3 is 24.0 Å². The monoisotopic (exact) mass is 529 g/mol. The lowest BCUT2D eigenvalue weighted by Crippen LogP contribution is -2.51. The smallest absolute Gasteiger partial charge is 0.413 e. The predicted octanol–water partition coefficient (Wildman–Crippen LogP) is 2.92. The van der Waals surface area contributed by atoms with Crippen molar-refractivity contribution in [3.63, 3.8) is 0 Å². The third-order valence-corrected chi connectivity index (χ3v) is 6.07. The molecule has 2 aliphatic rings. The molecule has 2 aliphatic heterocycles. The number of aliphatic imine (C=N–C) groups is 2. The average molecular weight is 530 g/mol. The summed E-state index contributed by atoms with van der Waals surface area (Å²) in [6, 6.07) is 7.08. The van der Waals surface area contributed by atoms with Crippen LogP contribution in [0, 0.1) is 0 Å². The van der Waals surface area contributed by atoms with E-state index >= 15 is 0 Å². The van der Waals surface area contributed by atoms with E-state index in [9.17, 15) is 9.59 Å². The number of guanidine groups is 1. The van der Waals surface area contributed by atoms with Crippen LogP contribution in [-0.4, -0.2) is 84.8 Å². The van der Waals surface area contributed by atoms with Crippen LogP contribution in [0.1, 0.15) is 42.2 Å². The summed E-state index contributed by atoms with van der Waals surface area (Å²) in [6.45, 7) is 7.89. The van der Waals surface area contributed by atoms with Crippen molar-refractivity contribution in [2.24, 2.45) is 9.98 Å². The zero-order valence-corrected chi connectivity index (χ0v) is 22.3. The van der Waals surface area contributed by atoms with Gasteiger partial charge in [0.1, 0.15) is 11.4 Å². The molecule has 0 spiro atoms. The van der Waals surface area contributed by atoms with Gasteiger partial charge in [-0.3, -0.25) is 15.4 Å². The van der Waals surface area contributed by atoms with Crippen LogP contribution in [-0.2, 0) is 9.47 Å². The Morgan fingerprint density at radius 1 is 1.16 bits per heavy atom. The lowest BCUT2D eigenvalue weighted by molar-refractivity contribution is 0.0635. The predicted molar refractivity (Wildman–Crippen MR) is 140 cm³/mol. The zero-order chi connectivity index (χ0) is 26.6. The number of nitrogens with one attached hydrogen (secondary N) is 2. The fourth-order valence-electron chi connectivity index (χ4n) is 3.42. The molecule has 37 heavy (non-hydrogen) atoms. The Bertz CT molecular complexity index is 1180. The lowest BCUT2D eigenvalue weighted by atomic mass is 10.2. The van der Waals surface area contributed by atoms with E-state index in [0.717, 1.165) is 0 Å². The summed E-state index contributed by atoms with van der Waals surface area (Å²) < 4.78 is 16.8. The number of rotatable bonds is 4. The van der Waals surface area contributed by atoms with Gasteiger partial charge in [-0.2, -0.15) is 0 Å². The number of ether oxygens (including phenoxy) is 3. The van der Waals surface area contributed by atoms with Crippen molar-refractivity contribution in [1.29, 1.82) is 0 Å². The van der Waals surface area contributed by atoms with Gasteiger partial charge in [-0.15, -0.1) is 0 Å². The molecule has 1 fully saturated rings. The highest BCUT2D eigenvalue weighted by Gasteiger charge is 2.27. The molecule has 1 unspecified atom stereocenters. The summed E-state index contributed by atoms with van der Waals surface area (Å²) in [6.07, 6.45) is 0.409. The molecule has 13 heteroatoms. The Balaban J connectivity index is 1.53. The Hall–Kier alpha value is -3.71. The SMILES string of the molecule is CN(C)C(=O)c1ccc(OC2=NC(c3cnc(NC(=O)OC(C)(C)C)s3)N=C(N3CCOCC3)N2)cc1. The third-order valence-electron chi connectivity index (χ3n) is 5.12. The van der Waals surface area contributed by atoms with Crippen molar-refractivity contribution in [2.45, 2.75) is 32.5 Å². The second-order valence-corrected chi connectivity index (χ2v) is 10.6. The standard InChI is InChI=1S/C24H31N7O5S/c1-24(2,3)36-23(33)29-22-25-14-17(37-22)18-26-20(31-10-12-34-13-11-31)28-21(27-18)35-16-8-6-15(7-9-16)19(32)30(4)5/h6-9,14,18H,10-13H2,1-5H3,(H,25,29,33)(H,26,27,28). The topological polar surface area (TPSA) is 130 Å². The Labute approximate surface area is 219 Å². The van der Waals surface area contributed by atoms with Gasteiger partial charge in [0.2, 0.25) is 5.96 Å². The first kappa shape index (κ1) is 26.4. The molecule has 12 nitrogen and oxygen atoms in total. The van der Waals surface area contributed by atoms with Gasteiger partial charge in [-0.1, -0.05) is 11.3 Å². The number of amidine groups is 1. The maximum Gasteiger partial charge on any atom is 0.413 e. The van der Waals surface area contributed by atoms with E-state index in [4.69, 9.17) is 19.2 Å². The first-order chi connectivity index (χ1) is 17.6. The largest absolute Gasteiger partial charge is 0.444 e. The second-order valence-electron chi connectivity index (χ2n) is 9.51. The van der Waals surface area contributed by atoms with E-state index in [0.29, 0.717) is 53.6 Å². The summed E-state index contributed by atoms with van der Waals surface area (Å²) in [5.41, 5.74) is -0.0653. The molecule has 2 N–H and O–H groups in total. The normalized spacial score (nSPS) is 17.8. The molecule has 0 saturated carbocycles. The average Bonchev–Trinajstić information content (AvgIpc) is 3.31. The number of nitrogens with zero attached hydrogens (tertiary/aromatic N) is 5. The molecular formula is C24H31N7O5S. The highest BCUT2D eigenvalue weighted by atomic mass is 32.1. The quantitative estimate of drug-likeness (QED) is 0.618. The van der Waals surface area contributed by atoms with Crippen LogP contribution < -0.4 is 15.4 Å². The van der Waals surface area contributed by atoms with Crippen molar-refractivity contribution >= 4 is 40.4 Å². The van der Waals surface area contributed by atoms with Crippen LogP contribution in [0.4, 0.5) is 9.93 Å². The molecule has 0 radical (unpaired) electrons. The van der Waals surface area contributed by atoms with Crippen molar-refractivity contribution in [3.05, 3.63) is 40.9 Å². The van der Waals surface area contributed by atoms with Gasteiger partial charge in [0.05, 0.1) is 18.1 Å². The number of morpholine rings is 1. The summed E-state index contributed by atoms with van der Waals surface area (Å²) in [5.74, 6) is 1.02. The number of anilines is 1. The van der Waals surface area contributed by atoms with Crippen LogP contribution in [0.15, 0.2) is 40.4 Å². The molecule has 1 aromatic heterocycles. The summed E-state index contributed by atoms with van der Waals surface area (Å²) in [7, 11) is 3.40. The minimum Gasteiger partial charge on any atom is -0.444 e. The van der Waals surface area contributed by atoms with E-state index in [1.54, 1.807) is 65.3 Å². The number of amides is 2. The minimum absolute atomic E-state index is 0.0949. The molecule has 198 valence electrons. The Kier molecular flexibility index (Phi) is 7.93. The fraction of sp³-hybridized carbons (Fsp3) is 0.458. The maximum absolute atomic E-state index is 12.2. The molecule has 2 aromatic rings. The molecule has 3 heterocycles. The van der Waals surface area contributed by atoms with E-state index in [-0.39, 0.29) is 11.9 Å². The highest BCUT2D eigenvalue weighted by molar-refractivity contribution is 7.15. The number of thiazole rings is 1. The van der Waals surface area contributed by atoms with Crippen LogP contribution in [0.3, 0.4) is 0 Å². The number of hydrogen-bond donors (Lipinski definition) is 2. The number of hydrogen-bond acceptors (Lipinski definition) is 11. The summed E-state index contributed by atoms with van der Waals surface area (Å²) >= 11 is 1.25. The summed E-state index contributed by atoms with van der Waals surface area (Å²) in [5, 5.41) is 6.19. The Morgan fingerprint density at radius 2 is 1.86 bits per heavy atom. The van der Waals surface area contributed by atoms with Crippen molar-refractivity contribution < 1.29 is 23.8 Å². The Morgan fingerprint density at radius 3 is 2.51 bits per heavy atom. The first-order valence-electron chi connectivity index (χ1n) is 11.8. The van der Waals surface area contributed by atoms with Gasteiger partial charge in [-0.05, 0) is 45.0 Å². The van der Waals surface area contributed by atoms with Gasteiger partial charge in [-0.25, -0.2) is 19.8 Å². The van der Waals surface area contributed by atoms with E-state index < -0.39 is 17.9 Å². The fourth-order valence-corrected chi connectivity index (χ4v) is 4.20. The van der Waals surface area contributed by atoms with Gasteiger partial charge >= 0.3 is 6.09 Å². The lowest BCUT2D eigenvalue weighted by Gasteiger charge is -2.32. The maximum atomic E-state index is 12.2. The molecule has 1 atom stereocenters. The van der Waals surface area contributed by atoms with Crippen molar-refractivity contribution in [2.75, 3.05) is 45.7 Å². The van der Waals surface area contributed by atoms with Crippen LogP contribution in [0.25, 0.3) is 0 Å². The van der Waals surface area contributed by atoms with Crippen molar-refractivity contribution in [3.8, 4) is 5.75 Å². The van der Waals surface area contributed by atoms with Crippen LogP contribution in [0.2, 0.25) is 0 Å². The number of aromatic nitrogens is 1. The third kappa shape index (κ3) is 7.17. The van der Waals surface area contributed by atoms with E-state index in [2.05, 4.69) is 25.5 Å². The molecule has 0 aliphatic carbocycles. The molecule has 1 saturated heterocycles. The number of carbonyl (C=O) groups excluding carboxylic acids is 2. The van der Waals surface area contributed by atoms with E-state index in [1.165, 1.54) is 16.2 Å². The second kappa shape index (κ2) is 11.1. The minimum atomic E-state index is -0.629. The van der Waals surface area contributed by atoms with Gasteiger partial charge in [0, 0.05) is 38.9 Å². The van der Waals surface area contributed by atoms with E-state index in [1.807, 2.05) is 0 Å². The zero-order valence-electron chi connectivity index (χ0n) is 21.5. The van der Waals surface area contributed by atoms with Gasteiger partial charge in [0.15, 0.2) is 11.3 Å². The molecule has 1 aromatic carbocycles.